The number of benzene rings is 1. The maximum absolute atomic E-state index is 11.7. The van der Waals surface area contributed by atoms with Gasteiger partial charge in [0.15, 0.2) is 6.10 Å². The van der Waals surface area contributed by atoms with Gasteiger partial charge in [0, 0.05) is 11.6 Å². The smallest absolute Gasteiger partial charge is 0.260 e. The molecule has 0 radical (unpaired) electrons. The minimum absolute atomic E-state index is 0.178. The van der Waals surface area contributed by atoms with Gasteiger partial charge in [-0.2, -0.15) is 0 Å². The zero-order valence-electron chi connectivity index (χ0n) is 10.7. The summed E-state index contributed by atoms with van der Waals surface area (Å²) in [5.74, 6) is 0.390. The Hall–Kier alpha value is -1.33. The second-order valence-electron chi connectivity index (χ2n) is 4.08. The van der Waals surface area contributed by atoms with Gasteiger partial charge in [-0.15, -0.1) is 0 Å². The number of ether oxygens (including phenoxy) is 1. The number of amides is 1. The van der Waals surface area contributed by atoms with Crippen LogP contribution in [0.5, 0.6) is 5.75 Å². The quantitative estimate of drug-likeness (QED) is 0.599. The van der Waals surface area contributed by atoms with E-state index in [0.29, 0.717) is 28.7 Å². The standard InChI is InChI=1S/C13H17ClN2O2S/c1-9(13(17)16-7-3-6-12(15)19)18-11-5-2-4-10(14)8-11/h2,4-5,8-9H,3,6-7H2,1H3,(H2,15,19)(H,16,17). The normalized spacial score (nSPS) is 11.7. The van der Waals surface area contributed by atoms with Crippen LogP contribution in [0.1, 0.15) is 19.8 Å². The summed E-state index contributed by atoms with van der Waals surface area (Å²) >= 11 is 10.6. The Kier molecular flexibility index (Phi) is 6.59. The van der Waals surface area contributed by atoms with Crippen LogP contribution in [-0.2, 0) is 4.79 Å². The van der Waals surface area contributed by atoms with Gasteiger partial charge in [-0.1, -0.05) is 29.9 Å². The van der Waals surface area contributed by atoms with E-state index in [0.717, 1.165) is 6.42 Å². The van der Waals surface area contributed by atoms with Crippen LogP contribution in [0.15, 0.2) is 24.3 Å². The Morgan fingerprint density at radius 3 is 2.95 bits per heavy atom. The Morgan fingerprint density at radius 1 is 1.58 bits per heavy atom. The second-order valence-corrected chi connectivity index (χ2v) is 5.04. The van der Waals surface area contributed by atoms with Crippen molar-refractivity contribution in [2.75, 3.05) is 6.54 Å². The molecule has 1 atom stereocenters. The van der Waals surface area contributed by atoms with Gasteiger partial charge in [0.05, 0.1) is 4.99 Å². The SMILES string of the molecule is CC(Oc1cccc(Cl)c1)C(=O)NCCCC(N)=S. The van der Waals surface area contributed by atoms with Crippen LogP contribution in [0, 0.1) is 0 Å². The first-order valence-corrected chi connectivity index (χ1v) is 6.76. The van der Waals surface area contributed by atoms with Gasteiger partial charge in [0.25, 0.3) is 5.91 Å². The lowest BCUT2D eigenvalue weighted by Gasteiger charge is -2.14. The molecule has 0 saturated carbocycles. The Bertz CT molecular complexity index is 454. The molecule has 1 aromatic rings. The van der Waals surface area contributed by atoms with Crippen molar-refractivity contribution in [2.45, 2.75) is 25.9 Å². The fraction of sp³-hybridized carbons (Fsp3) is 0.385. The number of carbonyl (C=O) groups is 1. The zero-order valence-corrected chi connectivity index (χ0v) is 12.3. The first-order chi connectivity index (χ1) is 8.99. The molecule has 6 heteroatoms. The average molecular weight is 301 g/mol. The third-order valence-corrected chi connectivity index (χ3v) is 2.82. The first kappa shape index (κ1) is 15.7. The lowest BCUT2D eigenvalue weighted by molar-refractivity contribution is -0.127. The van der Waals surface area contributed by atoms with Crippen LogP contribution in [0.4, 0.5) is 0 Å². The number of nitrogens with one attached hydrogen (secondary N) is 1. The van der Waals surface area contributed by atoms with Crippen molar-refractivity contribution in [3.05, 3.63) is 29.3 Å². The topological polar surface area (TPSA) is 64.3 Å². The van der Waals surface area contributed by atoms with E-state index in [9.17, 15) is 4.79 Å². The molecule has 1 aromatic carbocycles. The van der Waals surface area contributed by atoms with Gasteiger partial charge in [-0.25, -0.2) is 0 Å². The molecule has 0 spiro atoms. The number of halogens is 1. The predicted molar refractivity (Wildman–Crippen MR) is 80.6 cm³/mol. The summed E-state index contributed by atoms with van der Waals surface area (Å²) < 4.78 is 5.49. The molecule has 19 heavy (non-hydrogen) atoms. The summed E-state index contributed by atoms with van der Waals surface area (Å²) in [6, 6.07) is 6.93. The maximum Gasteiger partial charge on any atom is 0.260 e. The number of hydrogen-bond acceptors (Lipinski definition) is 3. The molecule has 0 bridgehead atoms. The monoisotopic (exact) mass is 300 g/mol. The summed E-state index contributed by atoms with van der Waals surface area (Å²) in [6.07, 6.45) is 0.771. The molecule has 0 fully saturated rings. The van der Waals surface area contributed by atoms with Crippen LogP contribution in [0.25, 0.3) is 0 Å². The van der Waals surface area contributed by atoms with Crippen molar-refractivity contribution < 1.29 is 9.53 Å². The molecule has 4 nitrogen and oxygen atoms in total. The molecular formula is C13H17ClN2O2S. The molecule has 104 valence electrons. The van der Waals surface area contributed by atoms with Gasteiger partial charge in [-0.3, -0.25) is 4.79 Å². The number of hydrogen-bond donors (Lipinski definition) is 2. The van der Waals surface area contributed by atoms with Crippen LogP contribution >= 0.6 is 23.8 Å². The first-order valence-electron chi connectivity index (χ1n) is 5.97. The summed E-state index contributed by atoms with van der Waals surface area (Å²) in [6.45, 7) is 2.21. The van der Waals surface area contributed by atoms with Gasteiger partial charge in [0.2, 0.25) is 0 Å². The molecule has 1 amide bonds. The number of carbonyl (C=O) groups excluding carboxylic acids is 1. The van der Waals surface area contributed by atoms with Gasteiger partial charge in [0.1, 0.15) is 5.75 Å². The highest BCUT2D eigenvalue weighted by molar-refractivity contribution is 7.80. The van der Waals surface area contributed by atoms with Crippen molar-refractivity contribution in [3.63, 3.8) is 0 Å². The van der Waals surface area contributed by atoms with Crippen LogP contribution in [0.3, 0.4) is 0 Å². The lowest BCUT2D eigenvalue weighted by Crippen LogP contribution is -2.37. The third-order valence-electron chi connectivity index (χ3n) is 2.38. The second kappa shape index (κ2) is 7.96. The van der Waals surface area contributed by atoms with E-state index in [-0.39, 0.29) is 5.91 Å². The molecular weight excluding hydrogens is 284 g/mol. The predicted octanol–water partition coefficient (Wildman–Crippen LogP) is 2.29. The summed E-state index contributed by atoms with van der Waals surface area (Å²) in [7, 11) is 0. The number of thiocarbonyl (C=S) groups is 1. The van der Waals surface area contributed by atoms with Gasteiger partial charge in [-0.05, 0) is 38.0 Å². The molecule has 3 N–H and O–H groups in total. The molecule has 0 aliphatic carbocycles. The Morgan fingerprint density at radius 2 is 2.32 bits per heavy atom. The van der Waals surface area contributed by atoms with E-state index in [2.05, 4.69) is 5.32 Å². The molecule has 1 rings (SSSR count). The van der Waals surface area contributed by atoms with Gasteiger partial charge >= 0.3 is 0 Å². The highest BCUT2D eigenvalue weighted by Crippen LogP contribution is 2.18. The van der Waals surface area contributed by atoms with Crippen molar-refractivity contribution >= 4 is 34.7 Å². The number of rotatable bonds is 7. The van der Waals surface area contributed by atoms with E-state index in [1.165, 1.54) is 0 Å². The highest BCUT2D eigenvalue weighted by Gasteiger charge is 2.13. The third kappa shape index (κ3) is 6.40. The molecule has 0 aliphatic heterocycles. The van der Waals surface area contributed by atoms with E-state index in [4.69, 9.17) is 34.3 Å². The Balaban J connectivity index is 2.34. The van der Waals surface area contributed by atoms with E-state index < -0.39 is 6.10 Å². The fourth-order valence-electron chi connectivity index (χ4n) is 1.42. The van der Waals surface area contributed by atoms with Crippen molar-refractivity contribution in [2.24, 2.45) is 5.73 Å². The van der Waals surface area contributed by atoms with E-state index in [1.807, 2.05) is 0 Å². The van der Waals surface area contributed by atoms with E-state index in [1.54, 1.807) is 31.2 Å². The summed E-state index contributed by atoms with van der Waals surface area (Å²) in [4.78, 5) is 12.2. The Labute approximate surface area is 123 Å². The summed E-state index contributed by atoms with van der Waals surface area (Å²) in [5, 5.41) is 3.33. The summed E-state index contributed by atoms with van der Waals surface area (Å²) in [5.41, 5.74) is 5.37. The minimum atomic E-state index is -0.580. The largest absolute Gasteiger partial charge is 0.481 e. The lowest BCUT2D eigenvalue weighted by atomic mass is 10.3. The van der Waals surface area contributed by atoms with Crippen molar-refractivity contribution in [3.8, 4) is 5.75 Å². The number of nitrogens with two attached hydrogens (primary N) is 1. The fourth-order valence-corrected chi connectivity index (χ4v) is 1.74. The average Bonchev–Trinajstić information content (AvgIpc) is 2.34. The minimum Gasteiger partial charge on any atom is -0.481 e. The van der Waals surface area contributed by atoms with Crippen LogP contribution in [0.2, 0.25) is 5.02 Å². The van der Waals surface area contributed by atoms with Gasteiger partial charge < -0.3 is 15.8 Å². The van der Waals surface area contributed by atoms with Crippen LogP contribution < -0.4 is 15.8 Å². The molecule has 0 aliphatic rings. The van der Waals surface area contributed by atoms with Crippen LogP contribution in [-0.4, -0.2) is 23.5 Å². The zero-order chi connectivity index (χ0) is 14.3. The maximum atomic E-state index is 11.7. The highest BCUT2D eigenvalue weighted by atomic mass is 35.5. The van der Waals surface area contributed by atoms with Crippen molar-refractivity contribution in [1.29, 1.82) is 0 Å². The molecule has 0 aromatic heterocycles. The van der Waals surface area contributed by atoms with E-state index >= 15 is 0 Å². The molecule has 0 heterocycles. The molecule has 1 unspecified atom stereocenters. The molecule has 0 saturated heterocycles. The van der Waals surface area contributed by atoms with Crippen molar-refractivity contribution in [1.82, 2.24) is 5.32 Å².